The van der Waals surface area contributed by atoms with Crippen LogP contribution in [0.1, 0.15) is 51.9 Å². The predicted molar refractivity (Wildman–Crippen MR) is 71.5 cm³/mol. The number of rotatable bonds is 4. The summed E-state index contributed by atoms with van der Waals surface area (Å²) in [5.41, 5.74) is 5.48. The summed E-state index contributed by atoms with van der Waals surface area (Å²) in [5, 5.41) is 11.5. The summed E-state index contributed by atoms with van der Waals surface area (Å²) in [5.74, 6) is 0.374. The van der Waals surface area contributed by atoms with Crippen molar-refractivity contribution in [1.82, 2.24) is 4.90 Å². The molecule has 0 bridgehead atoms. The number of carbonyl (C=O) groups is 1. The Morgan fingerprint density at radius 2 is 1.83 bits per heavy atom. The van der Waals surface area contributed by atoms with Crippen LogP contribution >= 0.6 is 0 Å². The molecule has 5 heteroatoms. The van der Waals surface area contributed by atoms with Crippen molar-refractivity contribution in [2.75, 3.05) is 13.1 Å². The first-order valence-corrected chi connectivity index (χ1v) is 6.94. The molecule has 0 heterocycles. The summed E-state index contributed by atoms with van der Waals surface area (Å²) < 4.78 is 0. The Bertz CT molecular complexity index is 284. The van der Waals surface area contributed by atoms with Crippen molar-refractivity contribution in [3.63, 3.8) is 0 Å². The zero-order chi connectivity index (χ0) is 13.4. The van der Waals surface area contributed by atoms with Gasteiger partial charge in [0.15, 0.2) is 5.84 Å². The monoisotopic (exact) mass is 255 g/mol. The lowest BCUT2D eigenvalue weighted by molar-refractivity contribution is -0.135. The van der Waals surface area contributed by atoms with Crippen molar-refractivity contribution in [2.24, 2.45) is 16.8 Å². The van der Waals surface area contributed by atoms with E-state index in [1.165, 1.54) is 19.3 Å². The van der Waals surface area contributed by atoms with Crippen molar-refractivity contribution in [2.45, 2.75) is 51.9 Å². The minimum Gasteiger partial charge on any atom is -0.409 e. The highest BCUT2D eigenvalue weighted by molar-refractivity contribution is 5.87. The molecule has 1 aliphatic carbocycles. The molecule has 0 aliphatic heterocycles. The maximum absolute atomic E-state index is 12.4. The van der Waals surface area contributed by atoms with E-state index in [1.54, 1.807) is 4.90 Å². The van der Waals surface area contributed by atoms with E-state index in [0.717, 1.165) is 25.7 Å². The molecule has 104 valence electrons. The van der Waals surface area contributed by atoms with Crippen molar-refractivity contribution in [3.05, 3.63) is 0 Å². The van der Waals surface area contributed by atoms with Crippen molar-refractivity contribution >= 4 is 11.7 Å². The number of hydrogen-bond acceptors (Lipinski definition) is 3. The summed E-state index contributed by atoms with van der Waals surface area (Å²) >= 11 is 0. The van der Waals surface area contributed by atoms with Crippen molar-refractivity contribution in [3.8, 4) is 0 Å². The highest BCUT2D eigenvalue weighted by Gasteiger charge is 2.24. The van der Waals surface area contributed by atoms with Gasteiger partial charge in [0, 0.05) is 12.5 Å². The van der Waals surface area contributed by atoms with Gasteiger partial charge in [0.1, 0.15) is 0 Å². The van der Waals surface area contributed by atoms with Crippen molar-refractivity contribution in [1.29, 1.82) is 0 Å². The van der Waals surface area contributed by atoms with Crippen LogP contribution < -0.4 is 5.73 Å². The topological polar surface area (TPSA) is 78.9 Å². The standard InChI is InChI=1S/C13H25N3O2/c1-2-16(10-12(14)15-18)13(17)11-8-6-4-3-5-7-9-11/h11,18H,2-10H2,1H3,(H2,14,15). The maximum atomic E-state index is 12.4. The molecule has 0 aromatic rings. The lowest BCUT2D eigenvalue weighted by Crippen LogP contribution is -2.41. The van der Waals surface area contributed by atoms with Gasteiger partial charge in [-0.25, -0.2) is 0 Å². The third-order valence-corrected chi connectivity index (χ3v) is 3.63. The number of amidine groups is 1. The van der Waals surface area contributed by atoms with Crippen LogP contribution in [-0.2, 0) is 4.79 Å². The molecule has 0 radical (unpaired) electrons. The smallest absolute Gasteiger partial charge is 0.226 e. The maximum Gasteiger partial charge on any atom is 0.226 e. The number of nitrogens with zero attached hydrogens (tertiary/aromatic N) is 2. The van der Waals surface area contributed by atoms with E-state index in [9.17, 15) is 4.79 Å². The molecule has 0 unspecified atom stereocenters. The Labute approximate surface area is 109 Å². The van der Waals surface area contributed by atoms with Crippen LogP contribution in [0, 0.1) is 5.92 Å². The summed E-state index contributed by atoms with van der Waals surface area (Å²) in [4.78, 5) is 14.1. The molecule has 1 aliphatic rings. The lowest BCUT2D eigenvalue weighted by atomic mass is 9.90. The summed E-state index contributed by atoms with van der Waals surface area (Å²) in [6, 6.07) is 0. The van der Waals surface area contributed by atoms with Gasteiger partial charge in [0.2, 0.25) is 5.91 Å². The van der Waals surface area contributed by atoms with Gasteiger partial charge in [0.25, 0.3) is 0 Å². The Kier molecular flexibility index (Phi) is 6.54. The quantitative estimate of drug-likeness (QED) is 0.349. The van der Waals surface area contributed by atoms with Crippen LogP contribution in [0.5, 0.6) is 0 Å². The van der Waals surface area contributed by atoms with Gasteiger partial charge < -0.3 is 15.8 Å². The fraction of sp³-hybridized carbons (Fsp3) is 0.846. The number of hydrogen-bond donors (Lipinski definition) is 2. The molecule has 0 atom stereocenters. The van der Waals surface area contributed by atoms with E-state index in [4.69, 9.17) is 10.9 Å². The zero-order valence-corrected chi connectivity index (χ0v) is 11.3. The molecule has 0 saturated heterocycles. The number of likely N-dealkylation sites (N-methyl/N-ethyl adjacent to an activating group) is 1. The normalized spacial score (nSPS) is 19.1. The van der Waals surface area contributed by atoms with Crippen molar-refractivity contribution < 1.29 is 10.0 Å². The molecule has 1 amide bonds. The highest BCUT2D eigenvalue weighted by Crippen LogP contribution is 2.23. The Balaban J connectivity index is 2.57. The van der Waals surface area contributed by atoms with Gasteiger partial charge >= 0.3 is 0 Å². The molecule has 1 rings (SSSR count). The third-order valence-electron chi connectivity index (χ3n) is 3.63. The van der Waals surface area contributed by atoms with Gasteiger partial charge in [-0.15, -0.1) is 0 Å². The average molecular weight is 255 g/mol. The van der Waals surface area contributed by atoms with Crippen LogP contribution in [0.2, 0.25) is 0 Å². The molecular formula is C13H25N3O2. The minimum atomic E-state index is 0.0936. The largest absolute Gasteiger partial charge is 0.409 e. The van der Waals surface area contributed by atoms with E-state index < -0.39 is 0 Å². The van der Waals surface area contributed by atoms with E-state index in [0.29, 0.717) is 6.54 Å². The second kappa shape index (κ2) is 7.95. The first-order valence-electron chi connectivity index (χ1n) is 6.94. The average Bonchev–Trinajstić information content (AvgIpc) is 2.34. The molecule has 0 spiro atoms. The number of nitrogens with two attached hydrogens (primary N) is 1. The first-order chi connectivity index (χ1) is 8.69. The number of oxime groups is 1. The van der Waals surface area contributed by atoms with Crippen LogP contribution in [0.25, 0.3) is 0 Å². The van der Waals surface area contributed by atoms with Crippen LogP contribution in [0.3, 0.4) is 0 Å². The van der Waals surface area contributed by atoms with Crippen LogP contribution in [0.4, 0.5) is 0 Å². The van der Waals surface area contributed by atoms with Gasteiger partial charge in [-0.3, -0.25) is 4.79 Å². The Hall–Kier alpha value is -1.26. The summed E-state index contributed by atoms with van der Waals surface area (Å²) in [6.07, 6.45) is 7.99. The molecule has 5 nitrogen and oxygen atoms in total. The molecule has 1 saturated carbocycles. The van der Waals surface area contributed by atoms with E-state index >= 15 is 0 Å². The Morgan fingerprint density at radius 3 is 2.33 bits per heavy atom. The molecular weight excluding hydrogens is 230 g/mol. The van der Waals surface area contributed by atoms with Gasteiger partial charge in [-0.2, -0.15) is 0 Å². The summed E-state index contributed by atoms with van der Waals surface area (Å²) in [6.45, 7) is 2.75. The SMILES string of the molecule is CCN(CC(N)=NO)C(=O)C1CCCCCCC1. The van der Waals surface area contributed by atoms with E-state index in [1.807, 2.05) is 6.92 Å². The van der Waals surface area contributed by atoms with Crippen LogP contribution in [0.15, 0.2) is 5.16 Å². The van der Waals surface area contributed by atoms with Gasteiger partial charge in [-0.05, 0) is 19.8 Å². The minimum absolute atomic E-state index is 0.0936. The third kappa shape index (κ3) is 4.55. The van der Waals surface area contributed by atoms with E-state index in [-0.39, 0.29) is 24.2 Å². The summed E-state index contributed by atoms with van der Waals surface area (Å²) in [7, 11) is 0. The fourth-order valence-corrected chi connectivity index (χ4v) is 2.53. The lowest BCUT2D eigenvalue weighted by Gasteiger charge is -2.27. The molecule has 0 aromatic heterocycles. The zero-order valence-electron chi connectivity index (χ0n) is 11.3. The number of carbonyl (C=O) groups excluding carboxylic acids is 1. The Morgan fingerprint density at radius 1 is 1.28 bits per heavy atom. The first kappa shape index (κ1) is 14.8. The molecule has 0 aromatic carbocycles. The predicted octanol–water partition coefficient (Wildman–Crippen LogP) is 1.94. The molecule has 1 fully saturated rings. The van der Waals surface area contributed by atoms with Gasteiger partial charge in [0.05, 0.1) is 6.54 Å². The van der Waals surface area contributed by atoms with Gasteiger partial charge in [-0.1, -0.05) is 37.3 Å². The fourth-order valence-electron chi connectivity index (χ4n) is 2.53. The number of amides is 1. The highest BCUT2D eigenvalue weighted by atomic mass is 16.4. The van der Waals surface area contributed by atoms with E-state index in [2.05, 4.69) is 5.16 Å². The second-order valence-corrected chi connectivity index (χ2v) is 4.99. The second-order valence-electron chi connectivity index (χ2n) is 4.99. The molecule has 18 heavy (non-hydrogen) atoms. The molecule has 3 N–H and O–H groups in total. The van der Waals surface area contributed by atoms with Crippen LogP contribution in [-0.4, -0.2) is 34.9 Å².